The second-order valence-corrected chi connectivity index (χ2v) is 6.00. The van der Waals surface area contributed by atoms with Crippen LogP contribution in [0.15, 0.2) is 39.3 Å². The summed E-state index contributed by atoms with van der Waals surface area (Å²) in [6.07, 6.45) is 0. The van der Waals surface area contributed by atoms with Gasteiger partial charge in [0, 0.05) is 16.7 Å². The Morgan fingerprint density at radius 2 is 1.95 bits per heavy atom. The van der Waals surface area contributed by atoms with Crippen molar-refractivity contribution in [2.24, 2.45) is 0 Å². The zero-order chi connectivity index (χ0) is 14.1. The molecule has 104 valence electrons. The molecule has 0 spiro atoms. The van der Waals surface area contributed by atoms with Gasteiger partial charge < -0.3 is 14.8 Å². The summed E-state index contributed by atoms with van der Waals surface area (Å²) in [5.41, 5.74) is 1.87. The molecular weight excluding hydrogens is 393 g/mol. The highest BCUT2D eigenvalue weighted by atomic mass is 79.9. The van der Waals surface area contributed by atoms with Gasteiger partial charge in [-0.2, -0.15) is 0 Å². The summed E-state index contributed by atoms with van der Waals surface area (Å²) < 4.78 is 25.3. The molecule has 0 saturated carbocycles. The molecule has 1 N–H and O–H groups in total. The maximum Gasteiger partial charge on any atom is 0.231 e. The maximum absolute atomic E-state index is 13.0. The molecular formula is C14H10Br2FNO2. The van der Waals surface area contributed by atoms with Crippen LogP contribution in [0, 0.1) is 5.82 Å². The van der Waals surface area contributed by atoms with Crippen LogP contribution in [-0.4, -0.2) is 6.79 Å². The summed E-state index contributed by atoms with van der Waals surface area (Å²) in [6, 6.07) is 8.44. The third kappa shape index (κ3) is 2.76. The fraction of sp³-hybridized carbons (Fsp3) is 0.143. The lowest BCUT2D eigenvalue weighted by Gasteiger charge is -2.10. The van der Waals surface area contributed by atoms with Gasteiger partial charge in [0.1, 0.15) is 5.82 Å². The van der Waals surface area contributed by atoms with Crippen LogP contribution < -0.4 is 14.8 Å². The molecule has 0 aliphatic carbocycles. The van der Waals surface area contributed by atoms with Crippen LogP contribution in [0.1, 0.15) is 5.56 Å². The first-order chi connectivity index (χ1) is 9.63. The van der Waals surface area contributed by atoms with E-state index in [2.05, 4.69) is 37.2 Å². The molecule has 1 heterocycles. The van der Waals surface area contributed by atoms with E-state index >= 15 is 0 Å². The minimum atomic E-state index is -0.270. The van der Waals surface area contributed by atoms with Gasteiger partial charge in [-0.25, -0.2) is 4.39 Å². The molecule has 0 aromatic heterocycles. The fourth-order valence-corrected chi connectivity index (χ4v) is 3.05. The number of hydrogen-bond acceptors (Lipinski definition) is 3. The molecule has 2 aromatic rings. The minimum absolute atomic E-state index is 0.244. The summed E-state index contributed by atoms with van der Waals surface area (Å²) in [6.45, 7) is 0.841. The normalized spacial score (nSPS) is 12.6. The minimum Gasteiger partial charge on any atom is -0.454 e. The van der Waals surface area contributed by atoms with E-state index < -0.39 is 0 Å². The van der Waals surface area contributed by atoms with E-state index in [1.807, 2.05) is 12.1 Å². The van der Waals surface area contributed by atoms with Gasteiger partial charge in [-0.15, -0.1) is 0 Å². The van der Waals surface area contributed by atoms with Crippen LogP contribution in [0.4, 0.5) is 10.1 Å². The summed E-state index contributed by atoms with van der Waals surface area (Å²) in [5, 5.41) is 3.24. The van der Waals surface area contributed by atoms with Gasteiger partial charge in [0.15, 0.2) is 11.5 Å². The zero-order valence-corrected chi connectivity index (χ0v) is 13.4. The molecule has 1 aliphatic heterocycles. The predicted molar refractivity (Wildman–Crippen MR) is 81.7 cm³/mol. The maximum atomic E-state index is 13.0. The van der Waals surface area contributed by atoms with Crippen LogP contribution in [0.25, 0.3) is 0 Å². The van der Waals surface area contributed by atoms with Crippen molar-refractivity contribution in [2.45, 2.75) is 6.54 Å². The zero-order valence-electron chi connectivity index (χ0n) is 10.3. The average Bonchev–Trinajstić information content (AvgIpc) is 2.86. The summed E-state index contributed by atoms with van der Waals surface area (Å²) in [7, 11) is 0. The quantitative estimate of drug-likeness (QED) is 0.807. The lowest BCUT2D eigenvalue weighted by Crippen LogP contribution is -2.00. The molecule has 0 bridgehead atoms. The first kappa shape index (κ1) is 13.7. The van der Waals surface area contributed by atoms with Crippen molar-refractivity contribution in [2.75, 3.05) is 12.1 Å². The van der Waals surface area contributed by atoms with Crippen LogP contribution in [0.3, 0.4) is 0 Å². The summed E-state index contributed by atoms with van der Waals surface area (Å²) >= 11 is 6.79. The Balaban J connectivity index is 1.77. The van der Waals surface area contributed by atoms with Crippen LogP contribution in [0.5, 0.6) is 11.5 Å². The monoisotopic (exact) mass is 401 g/mol. The Hall–Kier alpha value is -1.27. The van der Waals surface area contributed by atoms with Crippen molar-refractivity contribution >= 4 is 37.5 Å². The SMILES string of the molecule is Fc1ccc(NCc2cc(Br)c3c(c2)OCO3)c(Br)c1. The van der Waals surface area contributed by atoms with Gasteiger partial charge in [-0.3, -0.25) is 0 Å². The van der Waals surface area contributed by atoms with Gasteiger partial charge in [-0.05, 0) is 67.8 Å². The van der Waals surface area contributed by atoms with Gasteiger partial charge >= 0.3 is 0 Å². The van der Waals surface area contributed by atoms with Crippen LogP contribution in [0.2, 0.25) is 0 Å². The van der Waals surface area contributed by atoms with Crippen molar-refractivity contribution in [1.82, 2.24) is 0 Å². The molecule has 2 aromatic carbocycles. The molecule has 1 aliphatic rings. The van der Waals surface area contributed by atoms with E-state index in [0.717, 1.165) is 27.2 Å². The number of nitrogens with one attached hydrogen (secondary N) is 1. The number of anilines is 1. The molecule has 0 fully saturated rings. The highest BCUT2D eigenvalue weighted by Gasteiger charge is 2.17. The first-order valence-electron chi connectivity index (χ1n) is 5.90. The van der Waals surface area contributed by atoms with Crippen molar-refractivity contribution in [3.8, 4) is 11.5 Å². The summed E-state index contributed by atoms with van der Waals surface area (Å²) in [5.74, 6) is 1.19. The Kier molecular flexibility index (Phi) is 3.85. The third-order valence-corrected chi connectivity index (χ3v) is 4.15. The fourth-order valence-electron chi connectivity index (χ4n) is 1.95. The van der Waals surface area contributed by atoms with E-state index in [9.17, 15) is 4.39 Å². The Bertz CT molecular complexity index is 664. The molecule has 0 amide bonds. The molecule has 20 heavy (non-hydrogen) atoms. The van der Waals surface area contributed by atoms with Gasteiger partial charge in [0.25, 0.3) is 0 Å². The number of halogens is 3. The van der Waals surface area contributed by atoms with E-state index in [1.54, 1.807) is 6.07 Å². The number of rotatable bonds is 3. The predicted octanol–water partition coefficient (Wildman–Crippen LogP) is 4.69. The van der Waals surface area contributed by atoms with Gasteiger partial charge in [0.05, 0.1) is 4.47 Å². The number of ether oxygens (including phenoxy) is 2. The second kappa shape index (κ2) is 5.61. The van der Waals surface area contributed by atoms with E-state index in [0.29, 0.717) is 11.0 Å². The Labute approximate surface area is 132 Å². The molecule has 3 rings (SSSR count). The number of hydrogen-bond donors (Lipinski definition) is 1. The second-order valence-electron chi connectivity index (χ2n) is 4.29. The van der Waals surface area contributed by atoms with E-state index in [4.69, 9.17) is 9.47 Å². The third-order valence-electron chi connectivity index (χ3n) is 2.90. The molecule has 6 heteroatoms. The molecule has 0 atom stereocenters. The number of benzene rings is 2. The van der Waals surface area contributed by atoms with Crippen LogP contribution in [-0.2, 0) is 6.54 Å². The standard InChI is InChI=1S/C14H10Br2FNO2/c15-10-5-9(17)1-2-12(10)18-6-8-3-11(16)14-13(4-8)19-7-20-14/h1-5,18H,6-7H2. The smallest absolute Gasteiger partial charge is 0.231 e. The molecule has 0 radical (unpaired) electrons. The van der Waals surface area contributed by atoms with Gasteiger partial charge in [-0.1, -0.05) is 0 Å². The summed E-state index contributed by atoms with van der Waals surface area (Å²) in [4.78, 5) is 0. The van der Waals surface area contributed by atoms with Crippen molar-refractivity contribution in [1.29, 1.82) is 0 Å². The Morgan fingerprint density at radius 3 is 2.75 bits per heavy atom. The Morgan fingerprint density at radius 1 is 1.10 bits per heavy atom. The van der Waals surface area contributed by atoms with Crippen molar-refractivity contribution < 1.29 is 13.9 Å². The average molecular weight is 403 g/mol. The van der Waals surface area contributed by atoms with E-state index in [1.165, 1.54) is 12.1 Å². The van der Waals surface area contributed by atoms with Crippen molar-refractivity contribution in [3.63, 3.8) is 0 Å². The van der Waals surface area contributed by atoms with E-state index in [-0.39, 0.29) is 12.6 Å². The largest absolute Gasteiger partial charge is 0.454 e. The number of fused-ring (bicyclic) bond motifs is 1. The van der Waals surface area contributed by atoms with Gasteiger partial charge in [0.2, 0.25) is 6.79 Å². The van der Waals surface area contributed by atoms with Crippen molar-refractivity contribution in [3.05, 3.63) is 50.7 Å². The highest BCUT2D eigenvalue weighted by Crippen LogP contribution is 2.40. The highest BCUT2D eigenvalue weighted by molar-refractivity contribution is 9.11. The molecule has 0 unspecified atom stereocenters. The van der Waals surface area contributed by atoms with Crippen LogP contribution >= 0.6 is 31.9 Å². The first-order valence-corrected chi connectivity index (χ1v) is 7.49. The lowest BCUT2D eigenvalue weighted by atomic mass is 10.2. The topological polar surface area (TPSA) is 30.5 Å². The molecule has 3 nitrogen and oxygen atoms in total. The lowest BCUT2D eigenvalue weighted by molar-refractivity contribution is 0.173. The molecule has 0 saturated heterocycles.